The molecule has 1 heterocycles. The fourth-order valence-corrected chi connectivity index (χ4v) is 2.61. The zero-order valence-corrected chi connectivity index (χ0v) is 12.4. The molecule has 1 aliphatic rings. The van der Waals surface area contributed by atoms with E-state index in [1.165, 1.54) is 0 Å². The molecule has 110 valence electrons. The number of benzene rings is 2. The Kier molecular flexibility index (Phi) is 3.16. The SMILES string of the molecule is N#Cc1nc2c(nc1C#Cc1ccccc1)-c1ccccc1C2=O. The van der Waals surface area contributed by atoms with E-state index >= 15 is 0 Å². The Hall–Kier alpha value is -3.76. The van der Waals surface area contributed by atoms with Crippen LogP contribution in [0, 0.1) is 23.2 Å². The molecular weight excluding hydrogens is 298 g/mol. The summed E-state index contributed by atoms with van der Waals surface area (Å²) in [6, 6.07) is 18.6. The molecule has 2 aromatic carbocycles. The Morgan fingerprint density at radius 2 is 1.42 bits per heavy atom. The minimum Gasteiger partial charge on any atom is -0.287 e. The van der Waals surface area contributed by atoms with E-state index in [9.17, 15) is 10.1 Å². The normalized spacial score (nSPS) is 11.0. The van der Waals surface area contributed by atoms with Crippen LogP contribution in [0.2, 0.25) is 0 Å². The Balaban J connectivity index is 1.89. The summed E-state index contributed by atoms with van der Waals surface area (Å²) in [5, 5.41) is 9.32. The van der Waals surface area contributed by atoms with Gasteiger partial charge < -0.3 is 0 Å². The molecule has 1 aliphatic carbocycles. The van der Waals surface area contributed by atoms with Gasteiger partial charge in [0.2, 0.25) is 5.78 Å². The highest BCUT2D eigenvalue weighted by Gasteiger charge is 2.30. The highest BCUT2D eigenvalue weighted by atomic mass is 16.1. The topological polar surface area (TPSA) is 66.6 Å². The molecule has 4 nitrogen and oxygen atoms in total. The van der Waals surface area contributed by atoms with Crippen molar-refractivity contribution in [2.24, 2.45) is 0 Å². The van der Waals surface area contributed by atoms with Crippen LogP contribution in [0.5, 0.6) is 0 Å². The lowest BCUT2D eigenvalue weighted by atomic mass is 10.1. The van der Waals surface area contributed by atoms with Gasteiger partial charge in [0.1, 0.15) is 17.5 Å². The summed E-state index contributed by atoms with van der Waals surface area (Å²) in [7, 11) is 0. The van der Waals surface area contributed by atoms with Crippen LogP contribution >= 0.6 is 0 Å². The van der Waals surface area contributed by atoms with Crippen molar-refractivity contribution in [2.75, 3.05) is 0 Å². The molecule has 0 amide bonds. The minimum atomic E-state index is -0.202. The zero-order valence-electron chi connectivity index (χ0n) is 12.4. The van der Waals surface area contributed by atoms with Crippen molar-refractivity contribution >= 4 is 5.78 Å². The van der Waals surface area contributed by atoms with Gasteiger partial charge in [0.15, 0.2) is 11.4 Å². The number of fused-ring (bicyclic) bond motifs is 3. The second-order valence-corrected chi connectivity index (χ2v) is 5.22. The summed E-state index contributed by atoms with van der Waals surface area (Å²) in [4.78, 5) is 21.1. The van der Waals surface area contributed by atoms with E-state index in [0.717, 1.165) is 11.1 Å². The lowest BCUT2D eigenvalue weighted by Crippen LogP contribution is -2.04. The maximum Gasteiger partial charge on any atom is 0.214 e. The summed E-state index contributed by atoms with van der Waals surface area (Å²) >= 11 is 0. The number of nitriles is 1. The predicted molar refractivity (Wildman–Crippen MR) is 88.0 cm³/mol. The molecule has 0 saturated heterocycles. The molecule has 0 aliphatic heterocycles. The van der Waals surface area contributed by atoms with Crippen LogP contribution in [-0.4, -0.2) is 15.8 Å². The molecule has 0 radical (unpaired) electrons. The van der Waals surface area contributed by atoms with Gasteiger partial charge in [-0.2, -0.15) is 5.26 Å². The van der Waals surface area contributed by atoms with Gasteiger partial charge in [0.05, 0.1) is 0 Å². The van der Waals surface area contributed by atoms with Crippen LogP contribution in [0.4, 0.5) is 0 Å². The first-order valence-electron chi connectivity index (χ1n) is 7.31. The smallest absolute Gasteiger partial charge is 0.214 e. The van der Waals surface area contributed by atoms with Crippen LogP contribution in [0.15, 0.2) is 54.6 Å². The van der Waals surface area contributed by atoms with Gasteiger partial charge >= 0.3 is 0 Å². The van der Waals surface area contributed by atoms with Gasteiger partial charge in [-0.15, -0.1) is 0 Å². The third-order valence-corrected chi connectivity index (χ3v) is 3.74. The van der Waals surface area contributed by atoms with Gasteiger partial charge in [0, 0.05) is 16.7 Å². The molecule has 0 N–H and O–H groups in total. The molecule has 24 heavy (non-hydrogen) atoms. The third-order valence-electron chi connectivity index (χ3n) is 3.74. The summed E-state index contributed by atoms with van der Waals surface area (Å²) in [5.41, 5.74) is 3.18. The second kappa shape index (κ2) is 5.46. The highest BCUT2D eigenvalue weighted by molar-refractivity contribution is 6.19. The first-order chi connectivity index (χ1) is 11.8. The van der Waals surface area contributed by atoms with E-state index in [4.69, 9.17) is 0 Å². The standard InChI is InChI=1S/C20H9N3O/c21-12-17-16(11-10-13-6-2-1-3-7-13)22-18-14-8-4-5-9-15(14)20(24)19(18)23-17/h1-9H. The van der Waals surface area contributed by atoms with Crippen molar-refractivity contribution < 1.29 is 4.79 Å². The molecule has 0 spiro atoms. The van der Waals surface area contributed by atoms with Gasteiger partial charge in [0.25, 0.3) is 0 Å². The van der Waals surface area contributed by atoms with Crippen molar-refractivity contribution in [3.8, 4) is 29.2 Å². The fraction of sp³-hybridized carbons (Fsp3) is 0. The maximum atomic E-state index is 12.4. The number of hydrogen-bond acceptors (Lipinski definition) is 4. The molecule has 4 rings (SSSR count). The number of nitrogens with zero attached hydrogens (tertiary/aromatic N) is 3. The van der Waals surface area contributed by atoms with E-state index in [2.05, 4.69) is 21.8 Å². The summed E-state index contributed by atoms with van der Waals surface area (Å²) in [6.07, 6.45) is 0. The molecule has 0 bridgehead atoms. The summed E-state index contributed by atoms with van der Waals surface area (Å²) < 4.78 is 0. The average Bonchev–Trinajstić information content (AvgIpc) is 2.92. The van der Waals surface area contributed by atoms with Crippen molar-refractivity contribution in [2.45, 2.75) is 0 Å². The lowest BCUT2D eigenvalue weighted by Gasteiger charge is -2.00. The van der Waals surface area contributed by atoms with Gasteiger partial charge in [-0.25, -0.2) is 9.97 Å². The molecule has 1 aromatic heterocycles. The van der Waals surface area contributed by atoms with Crippen LogP contribution in [0.25, 0.3) is 11.3 Å². The predicted octanol–water partition coefficient (Wildman–Crippen LogP) is 2.96. The number of hydrogen-bond donors (Lipinski definition) is 0. The quantitative estimate of drug-likeness (QED) is 0.468. The second-order valence-electron chi connectivity index (χ2n) is 5.22. The molecule has 0 saturated carbocycles. The van der Waals surface area contributed by atoms with Gasteiger partial charge in [-0.3, -0.25) is 4.79 Å². The van der Waals surface area contributed by atoms with E-state index in [1.54, 1.807) is 12.1 Å². The van der Waals surface area contributed by atoms with E-state index in [1.807, 2.05) is 48.5 Å². The minimum absolute atomic E-state index is 0.0679. The Bertz CT molecular complexity index is 1080. The van der Waals surface area contributed by atoms with Crippen molar-refractivity contribution in [1.29, 1.82) is 5.26 Å². The number of ketones is 1. The Morgan fingerprint density at radius 3 is 2.17 bits per heavy atom. The summed E-state index contributed by atoms with van der Waals surface area (Å²) in [5.74, 6) is 5.67. The molecular formula is C20H9N3O. The lowest BCUT2D eigenvalue weighted by molar-refractivity contribution is 0.103. The van der Waals surface area contributed by atoms with Crippen molar-refractivity contribution in [1.82, 2.24) is 9.97 Å². The van der Waals surface area contributed by atoms with Crippen molar-refractivity contribution in [3.63, 3.8) is 0 Å². The largest absolute Gasteiger partial charge is 0.287 e. The first-order valence-corrected chi connectivity index (χ1v) is 7.31. The molecule has 0 fully saturated rings. The molecule has 3 aromatic rings. The maximum absolute atomic E-state index is 12.4. The van der Waals surface area contributed by atoms with Crippen LogP contribution < -0.4 is 0 Å². The number of aromatic nitrogens is 2. The third kappa shape index (κ3) is 2.15. The average molecular weight is 307 g/mol. The number of carbonyl (C=O) groups excluding carboxylic acids is 1. The van der Waals surface area contributed by atoms with E-state index in [-0.39, 0.29) is 22.9 Å². The zero-order chi connectivity index (χ0) is 16.5. The van der Waals surface area contributed by atoms with Gasteiger partial charge in [-0.1, -0.05) is 48.4 Å². The molecule has 4 heteroatoms. The Morgan fingerprint density at radius 1 is 0.750 bits per heavy atom. The van der Waals surface area contributed by atoms with Crippen LogP contribution in [-0.2, 0) is 0 Å². The first kappa shape index (κ1) is 13.9. The monoisotopic (exact) mass is 307 g/mol. The molecule has 0 unspecified atom stereocenters. The highest BCUT2D eigenvalue weighted by Crippen LogP contribution is 2.34. The fourth-order valence-electron chi connectivity index (χ4n) is 2.61. The Labute approximate surface area is 138 Å². The molecule has 0 atom stereocenters. The number of carbonyl (C=O) groups is 1. The van der Waals surface area contributed by atoms with Crippen LogP contribution in [0.1, 0.15) is 33.0 Å². The van der Waals surface area contributed by atoms with Crippen LogP contribution in [0.3, 0.4) is 0 Å². The van der Waals surface area contributed by atoms with Crippen molar-refractivity contribution in [3.05, 3.63) is 82.8 Å². The number of rotatable bonds is 0. The van der Waals surface area contributed by atoms with Gasteiger partial charge in [-0.05, 0) is 18.1 Å². The van der Waals surface area contributed by atoms with E-state index in [0.29, 0.717) is 11.3 Å². The van der Waals surface area contributed by atoms with E-state index < -0.39 is 0 Å². The summed E-state index contributed by atoms with van der Waals surface area (Å²) in [6.45, 7) is 0.